The zero-order chi connectivity index (χ0) is 23.8. The van der Waals surface area contributed by atoms with Crippen molar-refractivity contribution in [2.75, 3.05) is 23.7 Å². The van der Waals surface area contributed by atoms with E-state index in [0.29, 0.717) is 22.9 Å². The van der Waals surface area contributed by atoms with Crippen LogP contribution in [0.3, 0.4) is 0 Å². The van der Waals surface area contributed by atoms with Gasteiger partial charge in [-0.15, -0.1) is 12.6 Å². The number of para-hydroxylation sites is 1. The number of nitrogens with zero attached hydrogens (tertiary/aromatic N) is 2. The topological polar surface area (TPSA) is 73.0 Å². The minimum atomic E-state index is -0.169. The molecule has 6 rings (SSSR count). The molecule has 1 aliphatic heterocycles. The Bertz CT molecular complexity index is 1410. The molecule has 2 aliphatic rings. The number of anilines is 4. The summed E-state index contributed by atoms with van der Waals surface area (Å²) in [6.07, 6.45) is 6.88. The molecule has 3 heterocycles. The third kappa shape index (κ3) is 4.79. The van der Waals surface area contributed by atoms with Crippen molar-refractivity contribution < 1.29 is 0 Å². The number of benzene rings is 2. The molecule has 4 aromatic rings. The number of pyridine rings is 2. The van der Waals surface area contributed by atoms with Gasteiger partial charge in [0.25, 0.3) is 5.56 Å². The Morgan fingerprint density at radius 1 is 0.943 bits per heavy atom. The van der Waals surface area contributed by atoms with Gasteiger partial charge in [0.1, 0.15) is 11.6 Å². The van der Waals surface area contributed by atoms with E-state index < -0.39 is 0 Å². The van der Waals surface area contributed by atoms with Crippen molar-refractivity contribution in [3.05, 3.63) is 82.8 Å². The Labute approximate surface area is 210 Å². The van der Waals surface area contributed by atoms with E-state index in [2.05, 4.69) is 57.4 Å². The summed E-state index contributed by atoms with van der Waals surface area (Å²) in [5.74, 6) is 1.79. The number of thiol groups is 1. The van der Waals surface area contributed by atoms with Crippen LogP contribution in [-0.4, -0.2) is 34.0 Å². The molecule has 0 spiro atoms. The van der Waals surface area contributed by atoms with Crippen molar-refractivity contribution >= 4 is 46.4 Å². The number of fused-ring (bicyclic) bond motifs is 1. The van der Waals surface area contributed by atoms with Gasteiger partial charge < -0.3 is 20.5 Å². The maximum Gasteiger partial charge on any atom is 0.259 e. The Morgan fingerprint density at radius 2 is 1.71 bits per heavy atom. The fourth-order valence-electron chi connectivity index (χ4n) is 5.10. The number of likely N-dealkylation sites (tertiary alicyclic amines) is 1. The highest BCUT2D eigenvalue weighted by molar-refractivity contribution is 7.80. The molecule has 7 heteroatoms. The summed E-state index contributed by atoms with van der Waals surface area (Å²) in [6.45, 7) is 2.42. The lowest BCUT2D eigenvalue weighted by Gasteiger charge is -2.32. The van der Waals surface area contributed by atoms with Crippen LogP contribution in [0.25, 0.3) is 10.8 Å². The van der Waals surface area contributed by atoms with Crippen LogP contribution in [0, 0.1) is 0 Å². The Kier molecular flexibility index (Phi) is 5.96. The minimum Gasteiger partial charge on any atom is -0.339 e. The number of hydrogen-bond donors (Lipinski definition) is 4. The quantitative estimate of drug-likeness (QED) is 0.252. The second kappa shape index (κ2) is 9.40. The van der Waals surface area contributed by atoms with Gasteiger partial charge in [-0.1, -0.05) is 24.3 Å². The summed E-state index contributed by atoms with van der Waals surface area (Å²) in [7, 11) is 0. The lowest BCUT2D eigenvalue weighted by molar-refractivity contribution is 0.203. The first-order valence-electron chi connectivity index (χ1n) is 12.3. The molecule has 35 heavy (non-hydrogen) atoms. The fraction of sp³-hybridized carbons (Fsp3) is 0.286. The molecule has 1 aliphatic carbocycles. The molecule has 0 unspecified atom stereocenters. The molecule has 0 bridgehead atoms. The Balaban J connectivity index is 1.25. The lowest BCUT2D eigenvalue weighted by Crippen LogP contribution is -2.34. The summed E-state index contributed by atoms with van der Waals surface area (Å²) in [5.41, 5.74) is 2.99. The standard InChI is InChI=1S/C28H29N5OS/c34-28-26-20(11-14-29-28)17-25(31-23-3-1-2-4-24(23)35)32-27(26)30-21-7-5-18(6-8-21)19-12-15-33(16-13-19)22-9-10-22/h1-8,11,14,17,19,22,35H,9-10,12-13,15-16H2,(H,29,34)(H2,30,31,32). The summed E-state index contributed by atoms with van der Waals surface area (Å²) in [6, 6.07) is 21.0. The predicted octanol–water partition coefficient (Wildman–Crippen LogP) is 6.04. The molecule has 1 saturated carbocycles. The normalized spacial score (nSPS) is 16.9. The summed E-state index contributed by atoms with van der Waals surface area (Å²) >= 11 is 4.53. The van der Waals surface area contributed by atoms with Crippen LogP contribution in [0.2, 0.25) is 0 Å². The van der Waals surface area contributed by atoms with Crippen molar-refractivity contribution in [3.8, 4) is 0 Å². The molecule has 0 radical (unpaired) electrons. The number of rotatable bonds is 6. The third-order valence-corrected chi connectivity index (χ3v) is 7.55. The predicted molar refractivity (Wildman–Crippen MR) is 146 cm³/mol. The largest absolute Gasteiger partial charge is 0.339 e. The maximum atomic E-state index is 12.7. The van der Waals surface area contributed by atoms with E-state index in [1.807, 2.05) is 36.4 Å². The summed E-state index contributed by atoms with van der Waals surface area (Å²) in [5, 5.41) is 8.07. The van der Waals surface area contributed by atoms with Gasteiger partial charge in [0.05, 0.1) is 11.1 Å². The van der Waals surface area contributed by atoms with Crippen LogP contribution in [0.5, 0.6) is 0 Å². The molecule has 3 N–H and O–H groups in total. The van der Waals surface area contributed by atoms with Gasteiger partial charge >= 0.3 is 0 Å². The number of nitrogens with one attached hydrogen (secondary N) is 3. The van der Waals surface area contributed by atoms with Crippen LogP contribution in [0.1, 0.15) is 37.2 Å². The average molecular weight is 484 g/mol. The molecular weight excluding hydrogens is 454 g/mol. The van der Waals surface area contributed by atoms with E-state index in [4.69, 9.17) is 4.98 Å². The van der Waals surface area contributed by atoms with Gasteiger partial charge in [-0.3, -0.25) is 4.79 Å². The highest BCUT2D eigenvalue weighted by Gasteiger charge is 2.32. The van der Waals surface area contributed by atoms with E-state index in [-0.39, 0.29) is 5.56 Å². The lowest BCUT2D eigenvalue weighted by atomic mass is 9.89. The Morgan fingerprint density at radius 3 is 2.46 bits per heavy atom. The smallest absolute Gasteiger partial charge is 0.259 e. The van der Waals surface area contributed by atoms with E-state index in [9.17, 15) is 4.79 Å². The van der Waals surface area contributed by atoms with E-state index in [1.165, 1.54) is 44.3 Å². The van der Waals surface area contributed by atoms with Gasteiger partial charge in [0.15, 0.2) is 0 Å². The highest BCUT2D eigenvalue weighted by atomic mass is 32.1. The number of piperidine rings is 1. The second-order valence-corrected chi connectivity index (χ2v) is 10.0. The first-order valence-corrected chi connectivity index (χ1v) is 12.8. The van der Waals surface area contributed by atoms with Crippen LogP contribution in [-0.2, 0) is 0 Å². The molecule has 178 valence electrons. The van der Waals surface area contributed by atoms with Crippen molar-refractivity contribution in [1.29, 1.82) is 0 Å². The van der Waals surface area contributed by atoms with Gasteiger partial charge in [0.2, 0.25) is 0 Å². The van der Waals surface area contributed by atoms with Crippen molar-refractivity contribution in [3.63, 3.8) is 0 Å². The molecular formula is C28H29N5OS. The van der Waals surface area contributed by atoms with Gasteiger partial charge in [0, 0.05) is 22.8 Å². The van der Waals surface area contributed by atoms with Crippen LogP contribution in [0.15, 0.2) is 76.6 Å². The molecule has 1 saturated heterocycles. The summed E-state index contributed by atoms with van der Waals surface area (Å²) in [4.78, 5) is 23.7. The number of aromatic amines is 1. The van der Waals surface area contributed by atoms with E-state index >= 15 is 0 Å². The summed E-state index contributed by atoms with van der Waals surface area (Å²) < 4.78 is 0. The molecule has 2 aromatic heterocycles. The monoisotopic (exact) mass is 483 g/mol. The van der Waals surface area contributed by atoms with Crippen molar-refractivity contribution in [1.82, 2.24) is 14.9 Å². The number of H-pyrrole nitrogens is 1. The van der Waals surface area contributed by atoms with Crippen LogP contribution >= 0.6 is 12.6 Å². The zero-order valence-electron chi connectivity index (χ0n) is 19.5. The van der Waals surface area contributed by atoms with Gasteiger partial charge in [-0.05, 0) is 92.0 Å². The van der Waals surface area contributed by atoms with E-state index in [1.54, 1.807) is 6.20 Å². The molecule has 2 aromatic carbocycles. The molecule has 2 fully saturated rings. The molecule has 0 amide bonds. The number of aromatic nitrogens is 2. The van der Waals surface area contributed by atoms with Gasteiger partial charge in [-0.25, -0.2) is 4.98 Å². The minimum absolute atomic E-state index is 0.169. The first-order chi connectivity index (χ1) is 17.1. The van der Waals surface area contributed by atoms with E-state index in [0.717, 1.165) is 27.7 Å². The van der Waals surface area contributed by atoms with Crippen LogP contribution < -0.4 is 16.2 Å². The number of hydrogen-bond acceptors (Lipinski definition) is 6. The van der Waals surface area contributed by atoms with Crippen molar-refractivity contribution in [2.45, 2.75) is 42.5 Å². The van der Waals surface area contributed by atoms with Crippen molar-refractivity contribution in [2.24, 2.45) is 0 Å². The van der Waals surface area contributed by atoms with Crippen LogP contribution in [0.4, 0.5) is 23.0 Å². The second-order valence-electron chi connectivity index (χ2n) is 9.56. The average Bonchev–Trinajstić information content (AvgIpc) is 3.72. The molecule has 6 nitrogen and oxygen atoms in total. The highest BCUT2D eigenvalue weighted by Crippen LogP contribution is 2.35. The SMILES string of the molecule is O=c1[nH]ccc2cc(Nc3ccccc3S)nc(Nc3ccc(C4CCN(C5CC5)CC4)cc3)c12. The zero-order valence-corrected chi connectivity index (χ0v) is 20.4. The van der Waals surface area contributed by atoms with Gasteiger partial charge in [-0.2, -0.15) is 0 Å². The third-order valence-electron chi connectivity index (χ3n) is 7.16. The maximum absolute atomic E-state index is 12.7. The molecule has 0 atom stereocenters. The fourth-order valence-corrected chi connectivity index (χ4v) is 5.32. The first kappa shape index (κ1) is 22.2. The Hall–Kier alpha value is -3.29.